The maximum absolute atomic E-state index is 5.64. The highest BCUT2D eigenvalue weighted by molar-refractivity contribution is 9.10. The summed E-state index contributed by atoms with van der Waals surface area (Å²) < 4.78 is 10.4. The topological polar surface area (TPSA) is 35.0 Å². The third-order valence-corrected chi connectivity index (χ3v) is 2.98. The number of halogens is 1. The minimum atomic E-state index is 0.466. The van der Waals surface area contributed by atoms with Crippen molar-refractivity contribution < 1.29 is 4.74 Å². The van der Waals surface area contributed by atoms with Crippen LogP contribution in [0.3, 0.4) is 0 Å². The lowest BCUT2D eigenvalue weighted by Crippen LogP contribution is -1.97. The van der Waals surface area contributed by atoms with Crippen LogP contribution in [0.2, 0.25) is 0 Å². The number of aryl methyl sites for hydroxylation is 1. The van der Waals surface area contributed by atoms with Gasteiger partial charge in [-0.15, -0.1) is 5.10 Å². The molecule has 1 aromatic heterocycles. The highest BCUT2D eigenvalue weighted by Crippen LogP contribution is 2.23. The zero-order valence-electron chi connectivity index (χ0n) is 8.11. The highest BCUT2D eigenvalue weighted by Gasteiger charge is 2.02. The van der Waals surface area contributed by atoms with Crippen molar-refractivity contribution in [3.05, 3.63) is 39.3 Å². The molecule has 0 fully saturated rings. The van der Waals surface area contributed by atoms with Crippen molar-refractivity contribution in [2.75, 3.05) is 0 Å². The first-order chi connectivity index (χ1) is 7.25. The molecule has 0 bridgehead atoms. The van der Waals surface area contributed by atoms with Gasteiger partial charge >= 0.3 is 0 Å². The number of hydrogen-bond donors (Lipinski definition) is 0. The summed E-state index contributed by atoms with van der Waals surface area (Å²) in [7, 11) is 0. The van der Waals surface area contributed by atoms with E-state index in [0.29, 0.717) is 6.61 Å². The van der Waals surface area contributed by atoms with Gasteiger partial charge in [0.2, 0.25) is 0 Å². The summed E-state index contributed by atoms with van der Waals surface area (Å²) in [5, 5.41) is 5.80. The SMILES string of the molecule is Cc1ccc(Br)cc1OCc1csnn1. The predicted molar refractivity (Wildman–Crippen MR) is 63.1 cm³/mol. The van der Waals surface area contributed by atoms with E-state index in [4.69, 9.17) is 4.74 Å². The van der Waals surface area contributed by atoms with Gasteiger partial charge in [0, 0.05) is 9.85 Å². The molecule has 0 saturated carbocycles. The summed E-state index contributed by atoms with van der Waals surface area (Å²) in [5.74, 6) is 0.873. The first-order valence-corrected chi connectivity index (χ1v) is 6.03. The van der Waals surface area contributed by atoms with Crippen LogP contribution in [-0.4, -0.2) is 9.59 Å². The molecule has 3 nitrogen and oxygen atoms in total. The Bertz CT molecular complexity index is 445. The fourth-order valence-electron chi connectivity index (χ4n) is 1.13. The van der Waals surface area contributed by atoms with Crippen molar-refractivity contribution in [1.29, 1.82) is 0 Å². The van der Waals surface area contributed by atoms with Crippen molar-refractivity contribution in [2.24, 2.45) is 0 Å². The molecule has 0 aliphatic carbocycles. The largest absolute Gasteiger partial charge is 0.487 e. The van der Waals surface area contributed by atoms with Gasteiger partial charge in [-0.3, -0.25) is 0 Å². The number of rotatable bonds is 3. The van der Waals surface area contributed by atoms with E-state index in [1.165, 1.54) is 11.5 Å². The van der Waals surface area contributed by atoms with E-state index in [1.807, 2.05) is 30.5 Å². The van der Waals surface area contributed by atoms with E-state index in [2.05, 4.69) is 25.5 Å². The fourth-order valence-corrected chi connectivity index (χ4v) is 1.90. The van der Waals surface area contributed by atoms with Gasteiger partial charge in [0.15, 0.2) is 0 Å². The lowest BCUT2D eigenvalue weighted by Gasteiger charge is -2.07. The van der Waals surface area contributed by atoms with Gasteiger partial charge in [0.1, 0.15) is 18.1 Å². The first kappa shape index (κ1) is 10.6. The van der Waals surface area contributed by atoms with E-state index in [0.717, 1.165) is 21.5 Å². The second-order valence-corrected chi connectivity index (χ2v) is 4.62. The number of aromatic nitrogens is 2. The Morgan fingerprint density at radius 2 is 2.33 bits per heavy atom. The molecule has 0 radical (unpaired) electrons. The van der Waals surface area contributed by atoms with Gasteiger partial charge in [0.25, 0.3) is 0 Å². The normalized spacial score (nSPS) is 10.3. The van der Waals surface area contributed by atoms with Crippen LogP contribution >= 0.6 is 27.5 Å². The maximum atomic E-state index is 5.64. The summed E-state index contributed by atoms with van der Waals surface area (Å²) >= 11 is 4.74. The minimum Gasteiger partial charge on any atom is -0.487 e. The average Bonchev–Trinajstić information content (AvgIpc) is 2.72. The maximum Gasteiger partial charge on any atom is 0.133 e. The van der Waals surface area contributed by atoms with Crippen LogP contribution in [0.15, 0.2) is 28.1 Å². The summed E-state index contributed by atoms with van der Waals surface area (Å²) in [6.45, 7) is 2.48. The summed E-state index contributed by atoms with van der Waals surface area (Å²) in [6, 6.07) is 5.96. The van der Waals surface area contributed by atoms with Crippen LogP contribution in [0.4, 0.5) is 0 Å². The van der Waals surface area contributed by atoms with Crippen molar-refractivity contribution >= 4 is 27.5 Å². The average molecular weight is 285 g/mol. The van der Waals surface area contributed by atoms with E-state index < -0.39 is 0 Å². The zero-order chi connectivity index (χ0) is 10.7. The molecule has 2 rings (SSSR count). The van der Waals surface area contributed by atoms with Gasteiger partial charge < -0.3 is 4.74 Å². The molecule has 0 saturated heterocycles. The molecule has 1 heterocycles. The smallest absolute Gasteiger partial charge is 0.133 e. The Labute approximate surface area is 100 Å². The third kappa shape index (κ3) is 2.76. The van der Waals surface area contributed by atoms with Gasteiger partial charge in [-0.05, 0) is 36.2 Å². The Hall–Kier alpha value is -0.940. The lowest BCUT2D eigenvalue weighted by molar-refractivity contribution is 0.299. The molecule has 0 aliphatic heterocycles. The van der Waals surface area contributed by atoms with E-state index >= 15 is 0 Å². The first-order valence-electron chi connectivity index (χ1n) is 4.40. The van der Waals surface area contributed by atoms with Gasteiger partial charge in [0.05, 0.1) is 0 Å². The minimum absolute atomic E-state index is 0.466. The molecular weight excluding hydrogens is 276 g/mol. The molecule has 78 valence electrons. The Balaban J connectivity index is 2.07. The van der Waals surface area contributed by atoms with Crippen LogP contribution < -0.4 is 4.74 Å². The van der Waals surface area contributed by atoms with E-state index in [9.17, 15) is 0 Å². The lowest BCUT2D eigenvalue weighted by atomic mass is 10.2. The number of ether oxygens (including phenoxy) is 1. The summed E-state index contributed by atoms with van der Waals surface area (Å²) in [6.07, 6.45) is 0. The van der Waals surface area contributed by atoms with Crippen molar-refractivity contribution in [2.45, 2.75) is 13.5 Å². The molecule has 2 aromatic rings. The molecule has 0 unspecified atom stereocenters. The second kappa shape index (κ2) is 4.72. The third-order valence-electron chi connectivity index (χ3n) is 1.93. The Morgan fingerprint density at radius 3 is 3.07 bits per heavy atom. The van der Waals surface area contributed by atoms with Crippen molar-refractivity contribution in [1.82, 2.24) is 9.59 Å². The zero-order valence-corrected chi connectivity index (χ0v) is 10.5. The van der Waals surface area contributed by atoms with Gasteiger partial charge in [-0.25, -0.2) is 0 Å². The molecular formula is C10H9BrN2OS. The number of nitrogens with zero attached hydrogens (tertiary/aromatic N) is 2. The quantitative estimate of drug-likeness (QED) is 0.868. The van der Waals surface area contributed by atoms with E-state index in [-0.39, 0.29) is 0 Å². The fraction of sp³-hybridized carbons (Fsp3) is 0.200. The second-order valence-electron chi connectivity index (χ2n) is 3.09. The summed E-state index contributed by atoms with van der Waals surface area (Å²) in [4.78, 5) is 0. The molecule has 5 heteroatoms. The monoisotopic (exact) mass is 284 g/mol. The molecule has 0 amide bonds. The molecule has 0 spiro atoms. The highest BCUT2D eigenvalue weighted by atomic mass is 79.9. The van der Waals surface area contributed by atoms with Gasteiger partial charge in [-0.2, -0.15) is 0 Å². The Morgan fingerprint density at radius 1 is 1.47 bits per heavy atom. The molecule has 1 aromatic carbocycles. The van der Waals surface area contributed by atoms with Crippen LogP contribution in [-0.2, 0) is 6.61 Å². The van der Waals surface area contributed by atoms with E-state index in [1.54, 1.807) is 0 Å². The van der Waals surface area contributed by atoms with Crippen LogP contribution in [0.5, 0.6) is 5.75 Å². The van der Waals surface area contributed by atoms with Crippen molar-refractivity contribution in [3.8, 4) is 5.75 Å². The van der Waals surface area contributed by atoms with Crippen LogP contribution in [0.1, 0.15) is 11.3 Å². The standard InChI is InChI=1S/C10H9BrN2OS/c1-7-2-3-8(11)4-10(7)14-5-9-6-15-13-12-9/h2-4,6H,5H2,1H3. The van der Waals surface area contributed by atoms with Gasteiger partial charge in [-0.1, -0.05) is 26.5 Å². The predicted octanol–water partition coefficient (Wildman–Crippen LogP) is 3.19. The van der Waals surface area contributed by atoms with Crippen LogP contribution in [0, 0.1) is 6.92 Å². The molecule has 0 N–H and O–H groups in total. The number of benzene rings is 1. The Kier molecular flexibility index (Phi) is 3.33. The summed E-state index contributed by atoms with van der Waals surface area (Å²) in [5.41, 5.74) is 1.97. The molecule has 15 heavy (non-hydrogen) atoms. The van der Waals surface area contributed by atoms with Crippen molar-refractivity contribution in [3.63, 3.8) is 0 Å². The number of hydrogen-bond acceptors (Lipinski definition) is 4. The van der Waals surface area contributed by atoms with Crippen LogP contribution in [0.25, 0.3) is 0 Å². The molecule has 0 aliphatic rings. The molecule has 0 atom stereocenters.